The van der Waals surface area contributed by atoms with E-state index < -0.39 is 15.3 Å². The molecule has 1 rings (SSSR count). The van der Waals surface area contributed by atoms with Crippen molar-refractivity contribution in [3.05, 3.63) is 29.8 Å². The fraction of sp³-hybridized carbons (Fsp3) is 0.417. The summed E-state index contributed by atoms with van der Waals surface area (Å²) < 4.78 is 25.3. The van der Waals surface area contributed by atoms with E-state index in [4.69, 9.17) is 11.0 Å². The lowest BCUT2D eigenvalue weighted by atomic mass is 10.2. The van der Waals surface area contributed by atoms with E-state index in [0.29, 0.717) is 5.69 Å². The molecule has 0 saturated heterocycles. The second-order valence-electron chi connectivity index (χ2n) is 4.07. The van der Waals surface area contributed by atoms with Crippen molar-refractivity contribution in [2.75, 3.05) is 12.8 Å². The fourth-order valence-electron chi connectivity index (χ4n) is 1.56. The number of nitriles is 1. The molecule has 2 N–H and O–H groups in total. The highest BCUT2D eigenvalue weighted by Gasteiger charge is 2.28. The van der Waals surface area contributed by atoms with Gasteiger partial charge in [-0.1, -0.05) is 19.1 Å². The molecule has 0 aromatic heterocycles. The molecule has 0 bridgehead atoms. The summed E-state index contributed by atoms with van der Waals surface area (Å²) in [5.74, 6) is 0. The van der Waals surface area contributed by atoms with E-state index in [0.717, 1.165) is 5.56 Å². The third-order valence-electron chi connectivity index (χ3n) is 2.69. The molecule has 1 aromatic rings. The number of rotatable bonds is 5. The van der Waals surface area contributed by atoms with Crippen molar-refractivity contribution in [1.82, 2.24) is 4.31 Å². The van der Waals surface area contributed by atoms with E-state index in [1.807, 2.05) is 6.07 Å². The maximum absolute atomic E-state index is 12.0. The molecule has 0 heterocycles. The van der Waals surface area contributed by atoms with Crippen LogP contribution in [0.5, 0.6) is 0 Å². The normalized spacial score (nSPS) is 13.2. The Morgan fingerprint density at radius 1 is 1.39 bits per heavy atom. The van der Waals surface area contributed by atoms with Crippen molar-refractivity contribution < 1.29 is 8.42 Å². The van der Waals surface area contributed by atoms with Gasteiger partial charge in [-0.3, -0.25) is 0 Å². The van der Waals surface area contributed by atoms with Crippen LogP contribution in [0.1, 0.15) is 18.9 Å². The Morgan fingerprint density at radius 3 is 2.39 bits per heavy atom. The number of nitrogen functional groups attached to an aromatic ring is 1. The van der Waals surface area contributed by atoms with Crippen molar-refractivity contribution in [2.24, 2.45) is 0 Å². The number of anilines is 1. The average Bonchev–Trinajstić information content (AvgIpc) is 2.33. The molecule has 0 aliphatic carbocycles. The van der Waals surface area contributed by atoms with Gasteiger partial charge in [0.2, 0.25) is 10.0 Å². The van der Waals surface area contributed by atoms with Crippen molar-refractivity contribution in [3.8, 4) is 6.07 Å². The maximum Gasteiger partial charge on any atom is 0.230 e. The van der Waals surface area contributed by atoms with E-state index in [-0.39, 0.29) is 13.0 Å². The van der Waals surface area contributed by atoms with Crippen LogP contribution >= 0.6 is 0 Å². The summed E-state index contributed by atoms with van der Waals surface area (Å²) in [7, 11) is -2.09. The van der Waals surface area contributed by atoms with Gasteiger partial charge in [0.15, 0.2) is 5.25 Å². The third-order valence-corrected chi connectivity index (χ3v) is 4.85. The predicted molar refractivity (Wildman–Crippen MR) is 70.9 cm³/mol. The molecule has 6 heteroatoms. The first-order valence-electron chi connectivity index (χ1n) is 5.61. The molecule has 0 radical (unpaired) electrons. The predicted octanol–water partition coefficient (Wildman–Crippen LogP) is 1.33. The quantitative estimate of drug-likeness (QED) is 0.815. The van der Waals surface area contributed by atoms with Gasteiger partial charge in [-0.2, -0.15) is 9.57 Å². The lowest BCUT2D eigenvalue weighted by Crippen LogP contribution is -2.34. The smallest absolute Gasteiger partial charge is 0.230 e. The van der Waals surface area contributed by atoms with Gasteiger partial charge in [-0.05, 0) is 24.1 Å². The zero-order valence-electron chi connectivity index (χ0n) is 10.5. The van der Waals surface area contributed by atoms with Gasteiger partial charge in [-0.25, -0.2) is 8.42 Å². The Balaban J connectivity index is 2.86. The molecule has 1 unspecified atom stereocenters. The van der Waals surface area contributed by atoms with Gasteiger partial charge in [0.1, 0.15) is 0 Å². The molecule has 1 aromatic carbocycles. The number of sulfonamides is 1. The molecule has 0 spiro atoms. The Kier molecular flexibility index (Phi) is 4.70. The minimum absolute atomic E-state index is 0.237. The average molecular weight is 267 g/mol. The van der Waals surface area contributed by atoms with Gasteiger partial charge >= 0.3 is 0 Å². The molecular weight excluding hydrogens is 250 g/mol. The lowest BCUT2D eigenvalue weighted by molar-refractivity contribution is 0.460. The first-order chi connectivity index (χ1) is 8.41. The summed E-state index contributed by atoms with van der Waals surface area (Å²) in [6.07, 6.45) is 0.283. The van der Waals surface area contributed by atoms with Crippen LogP contribution in [-0.4, -0.2) is 25.0 Å². The second kappa shape index (κ2) is 5.85. The molecule has 0 aliphatic rings. The van der Waals surface area contributed by atoms with E-state index in [1.54, 1.807) is 31.2 Å². The Labute approximate surface area is 108 Å². The number of nitrogens with zero attached hydrogens (tertiary/aromatic N) is 2. The van der Waals surface area contributed by atoms with Crippen molar-refractivity contribution in [3.63, 3.8) is 0 Å². The fourth-order valence-corrected chi connectivity index (χ4v) is 2.87. The molecule has 18 heavy (non-hydrogen) atoms. The number of hydrogen-bond acceptors (Lipinski definition) is 4. The molecule has 0 saturated carbocycles. The van der Waals surface area contributed by atoms with Crippen LogP contribution in [-0.2, 0) is 16.6 Å². The van der Waals surface area contributed by atoms with Crippen LogP contribution in [0.25, 0.3) is 0 Å². The first kappa shape index (κ1) is 14.5. The molecule has 0 aliphatic heterocycles. The summed E-state index contributed by atoms with van der Waals surface area (Å²) >= 11 is 0. The minimum Gasteiger partial charge on any atom is -0.399 e. The topological polar surface area (TPSA) is 87.2 Å². The van der Waals surface area contributed by atoms with E-state index >= 15 is 0 Å². The zero-order chi connectivity index (χ0) is 13.8. The van der Waals surface area contributed by atoms with Gasteiger partial charge < -0.3 is 5.73 Å². The number of hydrogen-bond donors (Lipinski definition) is 1. The summed E-state index contributed by atoms with van der Waals surface area (Å²) in [5, 5.41) is 7.85. The van der Waals surface area contributed by atoms with E-state index in [1.165, 1.54) is 11.4 Å². The van der Waals surface area contributed by atoms with Crippen LogP contribution in [0.4, 0.5) is 5.69 Å². The third kappa shape index (κ3) is 3.22. The SMILES string of the molecule is CCC(C#N)S(=O)(=O)N(C)Cc1ccc(N)cc1. The van der Waals surface area contributed by atoms with Crippen molar-refractivity contribution in [1.29, 1.82) is 5.26 Å². The molecule has 98 valence electrons. The van der Waals surface area contributed by atoms with E-state index in [2.05, 4.69) is 0 Å². The largest absolute Gasteiger partial charge is 0.399 e. The van der Waals surface area contributed by atoms with Crippen LogP contribution in [0.15, 0.2) is 24.3 Å². The number of nitrogens with two attached hydrogens (primary N) is 1. The summed E-state index contributed by atoms with van der Waals surface area (Å²) in [5.41, 5.74) is 7.03. The van der Waals surface area contributed by atoms with Crippen LogP contribution in [0, 0.1) is 11.3 Å². The zero-order valence-corrected chi connectivity index (χ0v) is 11.3. The minimum atomic E-state index is -3.57. The Bertz CT molecular complexity index is 531. The number of benzene rings is 1. The molecular formula is C12H17N3O2S. The monoisotopic (exact) mass is 267 g/mol. The summed E-state index contributed by atoms with van der Waals surface area (Å²) in [6, 6.07) is 8.80. The lowest BCUT2D eigenvalue weighted by Gasteiger charge is -2.19. The summed E-state index contributed by atoms with van der Waals surface area (Å²) in [4.78, 5) is 0. The highest BCUT2D eigenvalue weighted by atomic mass is 32.2. The highest BCUT2D eigenvalue weighted by molar-refractivity contribution is 7.89. The molecule has 5 nitrogen and oxygen atoms in total. The van der Waals surface area contributed by atoms with Gasteiger partial charge in [0.25, 0.3) is 0 Å². The van der Waals surface area contributed by atoms with Crippen LogP contribution in [0.3, 0.4) is 0 Å². The molecule has 0 fully saturated rings. The highest BCUT2D eigenvalue weighted by Crippen LogP contribution is 2.14. The van der Waals surface area contributed by atoms with Crippen LogP contribution < -0.4 is 5.73 Å². The molecule has 1 atom stereocenters. The van der Waals surface area contributed by atoms with E-state index in [9.17, 15) is 8.42 Å². The van der Waals surface area contributed by atoms with Gasteiger partial charge in [0, 0.05) is 19.3 Å². The second-order valence-corrected chi connectivity index (χ2v) is 6.29. The van der Waals surface area contributed by atoms with Crippen molar-refractivity contribution >= 4 is 15.7 Å². The Hall–Kier alpha value is -1.58. The first-order valence-corrected chi connectivity index (χ1v) is 7.11. The van der Waals surface area contributed by atoms with Crippen LogP contribution in [0.2, 0.25) is 0 Å². The maximum atomic E-state index is 12.0. The Morgan fingerprint density at radius 2 is 1.94 bits per heavy atom. The molecule has 0 amide bonds. The van der Waals surface area contributed by atoms with Gasteiger partial charge in [-0.15, -0.1) is 0 Å². The van der Waals surface area contributed by atoms with Gasteiger partial charge in [0.05, 0.1) is 6.07 Å². The standard InChI is InChI=1S/C12H17N3O2S/c1-3-12(8-13)18(16,17)15(2)9-10-4-6-11(14)7-5-10/h4-7,12H,3,9,14H2,1-2H3. The summed E-state index contributed by atoms with van der Waals surface area (Å²) in [6.45, 7) is 1.92. The van der Waals surface area contributed by atoms with Crippen molar-refractivity contribution in [2.45, 2.75) is 25.1 Å².